The Labute approximate surface area is 90.5 Å². The molecule has 0 bridgehead atoms. The van der Waals surface area contributed by atoms with Gasteiger partial charge in [0.2, 0.25) is 0 Å². The molecule has 0 fully saturated rings. The van der Waals surface area contributed by atoms with Crippen LogP contribution in [0.3, 0.4) is 0 Å². The van der Waals surface area contributed by atoms with Gasteiger partial charge in [-0.05, 0) is 19.8 Å². The highest BCUT2D eigenvalue weighted by Gasteiger charge is 2.26. The Hall–Kier alpha value is -0.210. The van der Waals surface area contributed by atoms with Crippen LogP contribution in [0, 0.1) is 0 Å². The Morgan fingerprint density at radius 1 is 1.13 bits per heavy atom. The summed E-state index contributed by atoms with van der Waals surface area (Å²) >= 11 is 0. The quantitative estimate of drug-likeness (QED) is 0.483. The molecule has 92 valence electrons. The molecule has 0 aromatic carbocycles. The first kappa shape index (κ1) is 14.8. The van der Waals surface area contributed by atoms with Gasteiger partial charge in [-0.2, -0.15) is 12.7 Å². The fourth-order valence-corrected chi connectivity index (χ4v) is 1.41. The Kier molecular flexibility index (Phi) is 6.30. The van der Waals surface area contributed by atoms with Crippen molar-refractivity contribution in [2.75, 3.05) is 5.75 Å². The molecule has 0 radical (unpaired) electrons. The van der Waals surface area contributed by atoms with Gasteiger partial charge < -0.3 is 10.2 Å². The maximum atomic E-state index is 11.2. The zero-order valence-electron chi connectivity index (χ0n) is 9.25. The SMILES string of the molecule is CCC(O)N(OS(=O)(=O)CC)C(O)CC. The van der Waals surface area contributed by atoms with Crippen molar-refractivity contribution < 1.29 is 22.9 Å². The van der Waals surface area contributed by atoms with E-state index in [1.165, 1.54) is 6.92 Å². The van der Waals surface area contributed by atoms with E-state index in [9.17, 15) is 18.6 Å². The maximum Gasteiger partial charge on any atom is 0.283 e. The summed E-state index contributed by atoms with van der Waals surface area (Å²) in [6.45, 7) is 4.73. The Bertz CT molecular complexity index is 256. The van der Waals surface area contributed by atoms with E-state index in [0.29, 0.717) is 5.06 Å². The van der Waals surface area contributed by atoms with Crippen molar-refractivity contribution in [3.8, 4) is 0 Å². The Balaban J connectivity index is 4.66. The van der Waals surface area contributed by atoms with Crippen molar-refractivity contribution in [3.05, 3.63) is 0 Å². The van der Waals surface area contributed by atoms with Crippen LogP contribution in [0.5, 0.6) is 0 Å². The number of nitrogens with zero attached hydrogens (tertiary/aromatic N) is 1. The minimum Gasteiger partial charge on any atom is -0.376 e. The molecule has 0 saturated carbocycles. The average Bonchev–Trinajstić information content (AvgIpc) is 2.23. The summed E-state index contributed by atoms with van der Waals surface area (Å²) in [5.41, 5.74) is 0. The number of hydroxylamine groups is 2. The van der Waals surface area contributed by atoms with Gasteiger partial charge in [-0.25, -0.2) is 0 Å². The first-order valence-electron chi connectivity index (χ1n) is 4.94. The molecule has 0 spiro atoms. The number of rotatable bonds is 7. The van der Waals surface area contributed by atoms with Gasteiger partial charge in [0.1, 0.15) is 12.5 Å². The van der Waals surface area contributed by atoms with Gasteiger partial charge in [0, 0.05) is 0 Å². The van der Waals surface area contributed by atoms with Crippen LogP contribution < -0.4 is 0 Å². The highest BCUT2D eigenvalue weighted by atomic mass is 32.2. The minimum atomic E-state index is -3.72. The second-order valence-corrected chi connectivity index (χ2v) is 4.90. The van der Waals surface area contributed by atoms with Crippen LogP contribution in [0.4, 0.5) is 0 Å². The lowest BCUT2D eigenvalue weighted by molar-refractivity contribution is -0.245. The second kappa shape index (κ2) is 6.39. The lowest BCUT2D eigenvalue weighted by Gasteiger charge is -2.28. The Morgan fingerprint density at radius 3 is 1.80 bits per heavy atom. The van der Waals surface area contributed by atoms with Crippen LogP contribution in [-0.4, -0.2) is 41.9 Å². The van der Waals surface area contributed by atoms with Gasteiger partial charge in [0.05, 0.1) is 5.75 Å². The van der Waals surface area contributed by atoms with Crippen LogP contribution in [0.25, 0.3) is 0 Å². The summed E-state index contributed by atoms with van der Waals surface area (Å²) in [7, 11) is -3.72. The molecule has 0 aromatic heterocycles. The third-order valence-corrected chi connectivity index (χ3v) is 2.98. The first-order chi connectivity index (χ1) is 6.87. The van der Waals surface area contributed by atoms with Crippen LogP contribution >= 0.6 is 0 Å². The van der Waals surface area contributed by atoms with Crippen LogP contribution in [0.15, 0.2) is 0 Å². The summed E-state index contributed by atoms with van der Waals surface area (Å²) < 4.78 is 26.9. The molecule has 0 saturated heterocycles. The lowest BCUT2D eigenvalue weighted by Crippen LogP contribution is -2.44. The average molecular weight is 241 g/mol. The van der Waals surface area contributed by atoms with Gasteiger partial charge in [0.15, 0.2) is 0 Å². The van der Waals surface area contributed by atoms with Crippen molar-refractivity contribution in [1.82, 2.24) is 5.06 Å². The predicted octanol–water partition coefficient (Wildman–Crippen LogP) is 0.0265. The molecule has 2 unspecified atom stereocenters. The van der Waals surface area contributed by atoms with Crippen molar-refractivity contribution >= 4 is 10.1 Å². The molecule has 7 heteroatoms. The van der Waals surface area contributed by atoms with Crippen molar-refractivity contribution in [1.29, 1.82) is 0 Å². The molecular formula is C8H19NO5S. The molecule has 6 nitrogen and oxygen atoms in total. The molecular weight excluding hydrogens is 222 g/mol. The molecule has 0 rings (SSSR count). The topological polar surface area (TPSA) is 87.1 Å². The minimum absolute atomic E-state index is 0.212. The van der Waals surface area contributed by atoms with Crippen LogP contribution in [0.2, 0.25) is 0 Å². The normalized spacial score (nSPS) is 16.7. The Morgan fingerprint density at radius 2 is 1.53 bits per heavy atom. The first-order valence-corrected chi connectivity index (χ1v) is 6.52. The highest BCUT2D eigenvalue weighted by Crippen LogP contribution is 2.12. The van der Waals surface area contributed by atoms with E-state index in [1.807, 2.05) is 0 Å². The fraction of sp³-hybridized carbons (Fsp3) is 1.00. The standard InChI is InChI=1S/C8H19NO5S/c1-4-7(10)9(8(11)5-2)14-15(12,13)6-3/h7-8,10-11H,4-6H2,1-3H3. The summed E-state index contributed by atoms with van der Waals surface area (Å²) in [6, 6.07) is 0. The number of aliphatic hydroxyl groups excluding tert-OH is 2. The maximum absolute atomic E-state index is 11.2. The summed E-state index contributed by atoms with van der Waals surface area (Å²) in [5.74, 6) is -0.212. The highest BCUT2D eigenvalue weighted by molar-refractivity contribution is 7.86. The fourth-order valence-electron chi connectivity index (χ4n) is 0.842. The second-order valence-electron chi connectivity index (χ2n) is 3.06. The molecule has 0 aliphatic rings. The molecule has 2 N–H and O–H groups in total. The third kappa shape index (κ3) is 4.89. The van der Waals surface area contributed by atoms with E-state index in [4.69, 9.17) is 0 Å². The predicted molar refractivity (Wildman–Crippen MR) is 55.0 cm³/mol. The van der Waals surface area contributed by atoms with Gasteiger partial charge >= 0.3 is 0 Å². The molecule has 0 amide bonds. The van der Waals surface area contributed by atoms with Crippen LogP contribution in [-0.2, 0) is 14.4 Å². The largest absolute Gasteiger partial charge is 0.376 e. The monoisotopic (exact) mass is 241 g/mol. The number of hydrogen-bond donors (Lipinski definition) is 2. The van der Waals surface area contributed by atoms with Gasteiger partial charge in [-0.15, -0.1) is 5.06 Å². The smallest absolute Gasteiger partial charge is 0.283 e. The number of aliphatic hydroxyl groups is 2. The van der Waals surface area contributed by atoms with Gasteiger partial charge in [-0.3, -0.25) is 0 Å². The lowest BCUT2D eigenvalue weighted by atomic mass is 10.3. The van der Waals surface area contributed by atoms with E-state index >= 15 is 0 Å². The zero-order valence-corrected chi connectivity index (χ0v) is 10.1. The molecule has 15 heavy (non-hydrogen) atoms. The molecule has 0 aliphatic carbocycles. The van der Waals surface area contributed by atoms with Crippen molar-refractivity contribution in [3.63, 3.8) is 0 Å². The van der Waals surface area contributed by atoms with Crippen molar-refractivity contribution in [2.45, 2.75) is 46.1 Å². The van der Waals surface area contributed by atoms with Gasteiger partial charge in [-0.1, -0.05) is 13.8 Å². The summed E-state index contributed by atoms with van der Waals surface area (Å²) in [5, 5.41) is 19.6. The van der Waals surface area contributed by atoms with E-state index in [0.717, 1.165) is 0 Å². The molecule has 0 heterocycles. The molecule has 0 aliphatic heterocycles. The van der Waals surface area contributed by atoms with Crippen LogP contribution in [0.1, 0.15) is 33.6 Å². The van der Waals surface area contributed by atoms with E-state index in [1.54, 1.807) is 13.8 Å². The molecule has 2 atom stereocenters. The zero-order chi connectivity index (χ0) is 12.1. The van der Waals surface area contributed by atoms with E-state index in [-0.39, 0.29) is 18.6 Å². The molecule has 0 aromatic rings. The van der Waals surface area contributed by atoms with Crippen molar-refractivity contribution in [2.24, 2.45) is 0 Å². The third-order valence-electron chi connectivity index (χ3n) is 1.87. The summed E-state index contributed by atoms with van der Waals surface area (Å²) in [4.78, 5) is 0. The van der Waals surface area contributed by atoms with Gasteiger partial charge in [0.25, 0.3) is 10.1 Å². The summed E-state index contributed by atoms with van der Waals surface area (Å²) in [6.07, 6.45) is -1.75. The van der Waals surface area contributed by atoms with E-state index in [2.05, 4.69) is 4.28 Å². The van der Waals surface area contributed by atoms with E-state index < -0.39 is 22.6 Å². The number of hydrogen-bond acceptors (Lipinski definition) is 6.